The number of fused-ring (bicyclic) bond motifs is 1. The van der Waals surface area contributed by atoms with E-state index in [1.807, 2.05) is 23.9 Å². The summed E-state index contributed by atoms with van der Waals surface area (Å²) in [5.74, 6) is 3.29. The Labute approximate surface area is 176 Å². The van der Waals surface area contributed by atoms with Crippen molar-refractivity contribution < 1.29 is 14.2 Å². The monoisotopic (exact) mass is 411 g/mol. The molecule has 2 aromatic heterocycles. The zero-order valence-electron chi connectivity index (χ0n) is 18.4. The van der Waals surface area contributed by atoms with Crippen molar-refractivity contribution in [2.75, 3.05) is 39.3 Å². The Hall–Kier alpha value is -3.03. The van der Waals surface area contributed by atoms with Crippen molar-refractivity contribution in [1.82, 2.24) is 19.7 Å². The summed E-state index contributed by atoms with van der Waals surface area (Å²) in [5, 5.41) is 4.76. The summed E-state index contributed by atoms with van der Waals surface area (Å²) in [6, 6.07) is 3.79. The molecule has 8 heteroatoms. The van der Waals surface area contributed by atoms with Crippen LogP contribution in [0.1, 0.15) is 31.9 Å². The Kier molecular flexibility index (Phi) is 5.65. The molecule has 0 radical (unpaired) electrons. The molecule has 160 valence electrons. The number of anilines is 1. The third-order valence-electron chi connectivity index (χ3n) is 5.55. The van der Waals surface area contributed by atoms with E-state index in [9.17, 15) is 0 Å². The van der Waals surface area contributed by atoms with E-state index >= 15 is 0 Å². The molecule has 1 saturated heterocycles. The first kappa shape index (κ1) is 20.3. The molecule has 0 saturated carbocycles. The van der Waals surface area contributed by atoms with E-state index < -0.39 is 0 Å². The molecule has 0 aliphatic carbocycles. The van der Waals surface area contributed by atoms with Crippen LogP contribution in [0.4, 0.5) is 5.82 Å². The Morgan fingerprint density at radius 3 is 2.20 bits per heavy atom. The molecule has 0 amide bonds. The highest BCUT2D eigenvalue weighted by atomic mass is 16.5. The summed E-state index contributed by atoms with van der Waals surface area (Å²) in [7, 11) is 6.80. The number of benzene rings is 1. The van der Waals surface area contributed by atoms with E-state index in [-0.39, 0.29) is 0 Å². The van der Waals surface area contributed by atoms with E-state index in [1.54, 1.807) is 21.3 Å². The normalized spacial score (nSPS) is 13.8. The predicted molar refractivity (Wildman–Crippen MR) is 117 cm³/mol. The Bertz CT molecular complexity index is 1030. The second kappa shape index (κ2) is 8.38. The minimum absolute atomic E-state index is 0.553. The fourth-order valence-electron chi connectivity index (χ4n) is 4.11. The first-order valence-electron chi connectivity index (χ1n) is 10.4. The zero-order valence-corrected chi connectivity index (χ0v) is 18.4. The molecule has 0 atom stereocenters. The van der Waals surface area contributed by atoms with Gasteiger partial charge in [-0.05, 0) is 31.4 Å². The Morgan fingerprint density at radius 2 is 1.63 bits per heavy atom. The number of rotatable bonds is 7. The summed E-state index contributed by atoms with van der Waals surface area (Å²) < 4.78 is 18.5. The van der Waals surface area contributed by atoms with Gasteiger partial charge < -0.3 is 19.1 Å². The molecule has 3 aromatic rings. The lowest BCUT2D eigenvalue weighted by molar-refractivity contribution is 0.324. The van der Waals surface area contributed by atoms with Gasteiger partial charge in [-0.15, -0.1) is 0 Å². The highest BCUT2D eigenvalue weighted by Gasteiger charge is 2.24. The largest absolute Gasteiger partial charge is 0.493 e. The third kappa shape index (κ3) is 3.40. The first-order valence-corrected chi connectivity index (χ1v) is 10.4. The third-order valence-corrected chi connectivity index (χ3v) is 5.55. The van der Waals surface area contributed by atoms with Crippen LogP contribution in [0.25, 0.3) is 22.4 Å². The van der Waals surface area contributed by atoms with Gasteiger partial charge in [-0.25, -0.2) is 9.97 Å². The molecule has 8 nitrogen and oxygen atoms in total. The SMILES string of the molecule is CCCc1nn(C)c2c(N3CCCC3)nc(-c3cc(OC)c(OC)c(OC)c3)nc12. The summed E-state index contributed by atoms with van der Waals surface area (Å²) in [6.45, 7) is 4.15. The Balaban J connectivity index is 1.96. The molecule has 0 unspecified atom stereocenters. The molecule has 0 bridgehead atoms. The van der Waals surface area contributed by atoms with Crippen molar-refractivity contribution in [3.8, 4) is 28.6 Å². The minimum Gasteiger partial charge on any atom is -0.493 e. The van der Waals surface area contributed by atoms with E-state index in [0.717, 1.165) is 54.0 Å². The van der Waals surface area contributed by atoms with Gasteiger partial charge in [0.25, 0.3) is 0 Å². The van der Waals surface area contributed by atoms with Crippen molar-refractivity contribution in [2.45, 2.75) is 32.6 Å². The lowest BCUT2D eigenvalue weighted by Crippen LogP contribution is -2.20. The maximum Gasteiger partial charge on any atom is 0.203 e. The van der Waals surface area contributed by atoms with Gasteiger partial charge >= 0.3 is 0 Å². The molecule has 1 fully saturated rings. The molecule has 1 aliphatic rings. The van der Waals surface area contributed by atoms with Crippen LogP contribution in [-0.4, -0.2) is 54.2 Å². The molecular weight excluding hydrogens is 382 g/mol. The average Bonchev–Trinajstić information content (AvgIpc) is 3.41. The van der Waals surface area contributed by atoms with Gasteiger partial charge in [0.05, 0.1) is 27.0 Å². The van der Waals surface area contributed by atoms with Crippen LogP contribution in [-0.2, 0) is 13.5 Å². The van der Waals surface area contributed by atoms with Crippen LogP contribution in [0, 0.1) is 0 Å². The number of ether oxygens (including phenoxy) is 3. The van der Waals surface area contributed by atoms with E-state index in [4.69, 9.17) is 29.3 Å². The van der Waals surface area contributed by atoms with Crippen molar-refractivity contribution in [2.24, 2.45) is 7.05 Å². The molecule has 3 heterocycles. The van der Waals surface area contributed by atoms with Crippen molar-refractivity contribution in [3.63, 3.8) is 0 Å². The fourth-order valence-corrected chi connectivity index (χ4v) is 4.11. The number of hydrogen-bond acceptors (Lipinski definition) is 7. The molecule has 1 aromatic carbocycles. The fraction of sp³-hybridized carbons (Fsp3) is 0.500. The van der Waals surface area contributed by atoms with Crippen LogP contribution >= 0.6 is 0 Å². The van der Waals surface area contributed by atoms with Crippen molar-refractivity contribution >= 4 is 16.9 Å². The topological polar surface area (TPSA) is 74.5 Å². The first-order chi connectivity index (χ1) is 14.6. The highest BCUT2D eigenvalue weighted by Crippen LogP contribution is 2.41. The van der Waals surface area contributed by atoms with Crippen LogP contribution < -0.4 is 19.1 Å². The van der Waals surface area contributed by atoms with Crippen LogP contribution in [0.5, 0.6) is 17.2 Å². The zero-order chi connectivity index (χ0) is 21.3. The van der Waals surface area contributed by atoms with Gasteiger partial charge in [0, 0.05) is 25.7 Å². The van der Waals surface area contributed by atoms with E-state index in [0.29, 0.717) is 23.1 Å². The van der Waals surface area contributed by atoms with Gasteiger partial charge in [-0.3, -0.25) is 4.68 Å². The predicted octanol–water partition coefficient (Wildman–Crippen LogP) is 3.61. The van der Waals surface area contributed by atoms with Crippen LogP contribution in [0.2, 0.25) is 0 Å². The lowest BCUT2D eigenvalue weighted by Gasteiger charge is -2.19. The van der Waals surface area contributed by atoms with Gasteiger partial charge in [-0.2, -0.15) is 5.10 Å². The number of hydrogen-bond donors (Lipinski definition) is 0. The standard InChI is InChI=1S/C22H29N5O3/c1-6-9-15-18-19(26(2)25-15)22(27-10-7-8-11-27)24-21(23-18)14-12-16(28-3)20(30-5)17(13-14)29-4/h12-13H,6-11H2,1-5H3. The van der Waals surface area contributed by atoms with Gasteiger partial charge in [-0.1, -0.05) is 13.3 Å². The smallest absolute Gasteiger partial charge is 0.203 e. The van der Waals surface area contributed by atoms with Gasteiger partial charge in [0.2, 0.25) is 5.75 Å². The highest BCUT2D eigenvalue weighted by molar-refractivity contribution is 5.90. The number of aryl methyl sites for hydroxylation is 2. The summed E-state index contributed by atoms with van der Waals surface area (Å²) in [6.07, 6.45) is 4.23. The van der Waals surface area contributed by atoms with Crippen molar-refractivity contribution in [3.05, 3.63) is 17.8 Å². The van der Waals surface area contributed by atoms with Crippen LogP contribution in [0.15, 0.2) is 12.1 Å². The van der Waals surface area contributed by atoms with E-state index in [1.165, 1.54) is 12.8 Å². The van der Waals surface area contributed by atoms with Gasteiger partial charge in [0.15, 0.2) is 23.1 Å². The minimum atomic E-state index is 0.553. The summed E-state index contributed by atoms with van der Waals surface area (Å²) in [4.78, 5) is 12.3. The number of nitrogens with zero attached hydrogens (tertiary/aromatic N) is 5. The molecule has 1 aliphatic heterocycles. The maximum atomic E-state index is 5.54. The maximum absolute atomic E-state index is 5.54. The number of aromatic nitrogens is 4. The molecular formula is C22H29N5O3. The second-order valence-corrected chi connectivity index (χ2v) is 7.50. The molecule has 30 heavy (non-hydrogen) atoms. The summed E-state index contributed by atoms with van der Waals surface area (Å²) in [5.41, 5.74) is 3.74. The van der Waals surface area contributed by atoms with Crippen LogP contribution in [0.3, 0.4) is 0 Å². The summed E-state index contributed by atoms with van der Waals surface area (Å²) >= 11 is 0. The molecule has 0 spiro atoms. The second-order valence-electron chi connectivity index (χ2n) is 7.50. The molecule has 4 rings (SSSR count). The van der Waals surface area contributed by atoms with Crippen molar-refractivity contribution in [1.29, 1.82) is 0 Å². The number of methoxy groups -OCH3 is 3. The average molecular weight is 412 g/mol. The Morgan fingerprint density at radius 1 is 0.967 bits per heavy atom. The quantitative estimate of drug-likeness (QED) is 0.588. The van der Waals surface area contributed by atoms with E-state index in [2.05, 4.69) is 11.8 Å². The lowest BCUT2D eigenvalue weighted by atomic mass is 10.1. The van der Waals surface area contributed by atoms with Gasteiger partial charge in [0.1, 0.15) is 11.0 Å². The molecule has 0 N–H and O–H groups in total.